The third kappa shape index (κ3) is 1.98. The Labute approximate surface area is 126 Å². The van der Waals surface area contributed by atoms with Crippen molar-refractivity contribution < 1.29 is 0 Å². The molecular formula is C14H9Br2NS. The number of hydrogen-bond acceptors (Lipinski definition) is 2. The zero-order valence-corrected chi connectivity index (χ0v) is 13.3. The van der Waals surface area contributed by atoms with Gasteiger partial charge in [-0.05, 0) is 39.5 Å². The number of fused-ring (bicyclic) bond motifs is 1. The molecule has 0 spiro atoms. The SMILES string of the molecule is Nc1cc(Br)ccc1-c1csc2c(Br)cccc12. The van der Waals surface area contributed by atoms with Crippen molar-refractivity contribution in [3.8, 4) is 11.1 Å². The summed E-state index contributed by atoms with van der Waals surface area (Å²) in [7, 11) is 0. The number of anilines is 1. The monoisotopic (exact) mass is 381 g/mol. The highest BCUT2D eigenvalue weighted by atomic mass is 79.9. The number of thiophene rings is 1. The standard InChI is InChI=1S/C14H9Br2NS/c15-8-4-5-9(13(17)6-8)11-7-18-14-10(11)2-1-3-12(14)16/h1-7H,17H2. The minimum atomic E-state index is 0.795. The smallest absolute Gasteiger partial charge is 0.0491 e. The number of halogens is 2. The Morgan fingerprint density at radius 1 is 1.00 bits per heavy atom. The molecule has 0 aliphatic heterocycles. The van der Waals surface area contributed by atoms with Gasteiger partial charge in [-0.1, -0.05) is 34.1 Å². The third-order valence-electron chi connectivity index (χ3n) is 2.86. The van der Waals surface area contributed by atoms with E-state index in [9.17, 15) is 0 Å². The predicted octanol–water partition coefficient (Wildman–Crippen LogP) is 5.68. The van der Waals surface area contributed by atoms with Crippen LogP contribution < -0.4 is 5.73 Å². The summed E-state index contributed by atoms with van der Waals surface area (Å²) in [5.41, 5.74) is 9.18. The highest BCUT2D eigenvalue weighted by Crippen LogP contribution is 2.40. The van der Waals surface area contributed by atoms with E-state index >= 15 is 0 Å². The van der Waals surface area contributed by atoms with Crippen molar-refractivity contribution >= 4 is 59.0 Å². The first-order valence-corrected chi connectivity index (χ1v) is 7.84. The lowest BCUT2D eigenvalue weighted by Crippen LogP contribution is -1.89. The summed E-state index contributed by atoms with van der Waals surface area (Å²) < 4.78 is 3.39. The van der Waals surface area contributed by atoms with Crippen molar-refractivity contribution in [3.05, 3.63) is 50.7 Å². The lowest BCUT2D eigenvalue weighted by atomic mass is 10.0. The van der Waals surface area contributed by atoms with Crippen molar-refractivity contribution in [3.63, 3.8) is 0 Å². The van der Waals surface area contributed by atoms with Gasteiger partial charge in [0.05, 0.1) is 0 Å². The minimum Gasteiger partial charge on any atom is -0.398 e. The minimum absolute atomic E-state index is 0.795. The van der Waals surface area contributed by atoms with Gasteiger partial charge in [0.1, 0.15) is 0 Å². The number of nitrogens with two attached hydrogens (primary N) is 1. The molecule has 0 saturated carbocycles. The van der Waals surface area contributed by atoms with E-state index in [4.69, 9.17) is 5.73 Å². The number of nitrogen functional groups attached to an aromatic ring is 1. The van der Waals surface area contributed by atoms with E-state index in [0.29, 0.717) is 0 Å². The fourth-order valence-corrected chi connectivity index (χ4v) is 4.01. The van der Waals surface area contributed by atoms with Crippen molar-refractivity contribution in [2.75, 3.05) is 5.73 Å². The molecule has 3 aromatic rings. The van der Waals surface area contributed by atoms with Gasteiger partial charge < -0.3 is 5.73 Å². The fourth-order valence-electron chi connectivity index (χ4n) is 2.01. The van der Waals surface area contributed by atoms with E-state index < -0.39 is 0 Å². The van der Waals surface area contributed by atoms with Gasteiger partial charge in [-0.3, -0.25) is 0 Å². The van der Waals surface area contributed by atoms with Crippen LogP contribution in [-0.4, -0.2) is 0 Å². The van der Waals surface area contributed by atoms with E-state index in [2.05, 4.69) is 61.5 Å². The van der Waals surface area contributed by atoms with E-state index in [0.717, 1.165) is 20.2 Å². The third-order valence-corrected chi connectivity index (χ3v) is 5.30. The van der Waals surface area contributed by atoms with Crippen LogP contribution in [0.25, 0.3) is 21.2 Å². The summed E-state index contributed by atoms with van der Waals surface area (Å²) in [6.07, 6.45) is 0. The molecule has 0 fully saturated rings. The maximum Gasteiger partial charge on any atom is 0.0491 e. The molecule has 0 atom stereocenters. The first-order chi connectivity index (χ1) is 8.66. The maximum atomic E-state index is 6.10. The average molecular weight is 383 g/mol. The largest absolute Gasteiger partial charge is 0.398 e. The second-order valence-corrected chi connectivity index (χ2v) is 6.65. The van der Waals surface area contributed by atoms with E-state index in [1.807, 2.05) is 12.1 Å². The molecule has 0 amide bonds. The lowest BCUT2D eigenvalue weighted by molar-refractivity contribution is 1.62. The quantitative estimate of drug-likeness (QED) is 0.538. The molecule has 2 aromatic carbocycles. The van der Waals surface area contributed by atoms with Crippen LogP contribution in [0.2, 0.25) is 0 Å². The Kier molecular flexibility index (Phi) is 3.18. The molecule has 3 rings (SSSR count). The molecule has 90 valence electrons. The molecular weight excluding hydrogens is 374 g/mol. The first kappa shape index (κ1) is 12.2. The van der Waals surface area contributed by atoms with Gasteiger partial charge in [-0.15, -0.1) is 11.3 Å². The summed E-state index contributed by atoms with van der Waals surface area (Å²) in [5.74, 6) is 0. The van der Waals surface area contributed by atoms with Crippen molar-refractivity contribution in [1.82, 2.24) is 0 Å². The van der Waals surface area contributed by atoms with Crippen molar-refractivity contribution in [2.45, 2.75) is 0 Å². The molecule has 0 aliphatic rings. The Hall–Kier alpha value is -0.840. The molecule has 4 heteroatoms. The Morgan fingerprint density at radius 2 is 1.83 bits per heavy atom. The number of hydrogen-bond donors (Lipinski definition) is 1. The second-order valence-electron chi connectivity index (χ2n) is 4.00. The van der Waals surface area contributed by atoms with E-state index in [1.54, 1.807) is 11.3 Å². The van der Waals surface area contributed by atoms with Crippen molar-refractivity contribution in [2.24, 2.45) is 0 Å². The van der Waals surface area contributed by atoms with Crippen LogP contribution in [0.1, 0.15) is 0 Å². The summed E-state index contributed by atoms with van der Waals surface area (Å²) in [5, 5.41) is 3.40. The van der Waals surface area contributed by atoms with Crippen LogP contribution in [-0.2, 0) is 0 Å². The first-order valence-electron chi connectivity index (χ1n) is 5.38. The molecule has 18 heavy (non-hydrogen) atoms. The fraction of sp³-hybridized carbons (Fsp3) is 0. The van der Waals surface area contributed by atoms with Gasteiger partial charge in [-0.2, -0.15) is 0 Å². The molecule has 1 nitrogen and oxygen atoms in total. The zero-order chi connectivity index (χ0) is 12.7. The highest BCUT2D eigenvalue weighted by Gasteiger charge is 2.10. The lowest BCUT2D eigenvalue weighted by Gasteiger charge is -2.05. The van der Waals surface area contributed by atoms with Gasteiger partial charge in [-0.25, -0.2) is 0 Å². The normalized spacial score (nSPS) is 11.0. The number of rotatable bonds is 1. The molecule has 0 unspecified atom stereocenters. The predicted molar refractivity (Wildman–Crippen MR) is 87.1 cm³/mol. The molecule has 1 heterocycles. The summed E-state index contributed by atoms with van der Waals surface area (Å²) in [6, 6.07) is 12.3. The van der Waals surface area contributed by atoms with Crippen LogP contribution in [0.4, 0.5) is 5.69 Å². The van der Waals surface area contributed by atoms with E-state index in [1.165, 1.54) is 15.6 Å². The van der Waals surface area contributed by atoms with Gasteiger partial charge in [0, 0.05) is 35.8 Å². The Morgan fingerprint density at radius 3 is 2.61 bits per heavy atom. The summed E-state index contributed by atoms with van der Waals surface area (Å²) >= 11 is 8.75. The van der Waals surface area contributed by atoms with Gasteiger partial charge in [0.25, 0.3) is 0 Å². The van der Waals surface area contributed by atoms with E-state index in [-0.39, 0.29) is 0 Å². The van der Waals surface area contributed by atoms with Crippen LogP contribution in [0.5, 0.6) is 0 Å². The average Bonchev–Trinajstić information content (AvgIpc) is 2.74. The highest BCUT2D eigenvalue weighted by molar-refractivity contribution is 9.11. The van der Waals surface area contributed by atoms with Crippen LogP contribution in [0.15, 0.2) is 50.7 Å². The zero-order valence-electron chi connectivity index (χ0n) is 9.28. The molecule has 0 aliphatic carbocycles. The summed E-state index contributed by atoms with van der Waals surface area (Å²) in [4.78, 5) is 0. The topological polar surface area (TPSA) is 26.0 Å². The van der Waals surface area contributed by atoms with Gasteiger partial charge >= 0.3 is 0 Å². The van der Waals surface area contributed by atoms with Crippen LogP contribution in [0, 0.1) is 0 Å². The summed E-state index contributed by atoms with van der Waals surface area (Å²) in [6.45, 7) is 0. The number of benzene rings is 2. The molecule has 0 bridgehead atoms. The second kappa shape index (κ2) is 4.68. The van der Waals surface area contributed by atoms with Gasteiger partial charge in [0.15, 0.2) is 0 Å². The Balaban J connectivity index is 2.29. The van der Waals surface area contributed by atoms with Crippen LogP contribution in [0.3, 0.4) is 0 Å². The molecule has 1 aromatic heterocycles. The maximum absolute atomic E-state index is 6.10. The molecule has 0 radical (unpaired) electrons. The molecule has 2 N–H and O–H groups in total. The van der Waals surface area contributed by atoms with Crippen molar-refractivity contribution in [1.29, 1.82) is 0 Å². The van der Waals surface area contributed by atoms with Gasteiger partial charge in [0.2, 0.25) is 0 Å². The molecule has 0 saturated heterocycles. The van der Waals surface area contributed by atoms with Crippen LogP contribution >= 0.6 is 43.2 Å². The Bertz CT molecular complexity index is 734.